The van der Waals surface area contributed by atoms with Gasteiger partial charge in [0.2, 0.25) is 0 Å². The van der Waals surface area contributed by atoms with Gasteiger partial charge in [0.1, 0.15) is 0 Å². The van der Waals surface area contributed by atoms with Crippen molar-refractivity contribution < 1.29 is 0 Å². The molecule has 1 fully saturated rings. The molecule has 0 unspecified atom stereocenters. The highest BCUT2D eigenvalue weighted by atomic mass is 15.1. The topological polar surface area (TPSA) is 28.2 Å². The van der Waals surface area contributed by atoms with Crippen LogP contribution in [0.15, 0.2) is 42.6 Å². The van der Waals surface area contributed by atoms with Crippen LogP contribution in [0.2, 0.25) is 0 Å². The van der Waals surface area contributed by atoms with Gasteiger partial charge in [0.05, 0.1) is 11.4 Å². The van der Waals surface area contributed by atoms with Gasteiger partial charge in [0.15, 0.2) is 0 Å². The molecule has 0 spiro atoms. The average Bonchev–Trinajstić information content (AvgIpc) is 3.01. The summed E-state index contributed by atoms with van der Waals surface area (Å²) in [5, 5.41) is 3.50. The number of hydrogen-bond acceptors (Lipinski definition) is 3. The van der Waals surface area contributed by atoms with Gasteiger partial charge in [-0.1, -0.05) is 18.2 Å². The van der Waals surface area contributed by atoms with Gasteiger partial charge in [-0.2, -0.15) is 0 Å². The van der Waals surface area contributed by atoms with E-state index >= 15 is 0 Å². The van der Waals surface area contributed by atoms with E-state index in [9.17, 15) is 0 Å². The van der Waals surface area contributed by atoms with E-state index in [1.165, 1.54) is 37.2 Å². The van der Waals surface area contributed by atoms with Crippen LogP contribution in [0.3, 0.4) is 0 Å². The predicted octanol–water partition coefficient (Wildman–Crippen LogP) is 3.60. The molecular formula is C17H21N3. The lowest BCUT2D eigenvalue weighted by atomic mass is 10.1. The molecule has 2 heterocycles. The first kappa shape index (κ1) is 13.0. The highest BCUT2D eigenvalue weighted by Gasteiger charge is 2.15. The van der Waals surface area contributed by atoms with Gasteiger partial charge in [-0.25, -0.2) is 0 Å². The van der Waals surface area contributed by atoms with Gasteiger partial charge in [0.25, 0.3) is 0 Å². The quantitative estimate of drug-likeness (QED) is 0.917. The fourth-order valence-corrected chi connectivity index (χ4v) is 2.79. The zero-order chi connectivity index (χ0) is 13.8. The summed E-state index contributed by atoms with van der Waals surface area (Å²) in [4.78, 5) is 6.81. The van der Waals surface area contributed by atoms with Crippen molar-refractivity contribution in [3.05, 3.63) is 53.9 Å². The predicted molar refractivity (Wildman–Crippen MR) is 84.2 cm³/mol. The SMILES string of the molecule is Cc1ncccc1NCc1ccccc1N1CCCC1. The van der Waals surface area contributed by atoms with Gasteiger partial charge in [-0.3, -0.25) is 4.98 Å². The second-order valence-electron chi connectivity index (χ2n) is 5.31. The van der Waals surface area contributed by atoms with Crippen molar-refractivity contribution in [1.29, 1.82) is 0 Å². The van der Waals surface area contributed by atoms with Crippen molar-refractivity contribution in [2.45, 2.75) is 26.3 Å². The van der Waals surface area contributed by atoms with Crippen molar-refractivity contribution in [3.8, 4) is 0 Å². The van der Waals surface area contributed by atoms with Crippen molar-refractivity contribution in [2.24, 2.45) is 0 Å². The fraction of sp³-hybridized carbons (Fsp3) is 0.353. The third kappa shape index (κ3) is 2.77. The Bertz CT molecular complexity index is 574. The van der Waals surface area contributed by atoms with Crippen LogP contribution < -0.4 is 10.2 Å². The average molecular weight is 267 g/mol. The van der Waals surface area contributed by atoms with Crippen LogP contribution in [0.4, 0.5) is 11.4 Å². The summed E-state index contributed by atoms with van der Waals surface area (Å²) in [6.45, 7) is 5.25. The molecule has 0 aliphatic carbocycles. The summed E-state index contributed by atoms with van der Waals surface area (Å²) in [6, 6.07) is 12.8. The first-order valence-corrected chi connectivity index (χ1v) is 7.33. The van der Waals surface area contributed by atoms with Gasteiger partial charge in [-0.15, -0.1) is 0 Å². The van der Waals surface area contributed by atoms with Gasteiger partial charge < -0.3 is 10.2 Å². The molecule has 2 aromatic rings. The number of pyridine rings is 1. The molecule has 0 bridgehead atoms. The highest BCUT2D eigenvalue weighted by Crippen LogP contribution is 2.25. The molecule has 1 aliphatic rings. The lowest BCUT2D eigenvalue weighted by Gasteiger charge is -2.22. The molecule has 104 valence electrons. The maximum absolute atomic E-state index is 4.32. The number of para-hydroxylation sites is 1. The molecule has 20 heavy (non-hydrogen) atoms. The van der Waals surface area contributed by atoms with E-state index in [2.05, 4.69) is 45.5 Å². The normalized spacial score (nSPS) is 14.6. The standard InChI is InChI=1S/C17H21N3/c1-14-16(8-6-10-18-14)19-13-15-7-2-3-9-17(15)20-11-4-5-12-20/h2-3,6-10,19H,4-5,11-13H2,1H3. The molecule has 3 heteroatoms. The summed E-state index contributed by atoms with van der Waals surface area (Å²) in [5.41, 5.74) is 4.89. The maximum Gasteiger partial charge on any atom is 0.0603 e. The van der Waals surface area contributed by atoms with Gasteiger partial charge in [0, 0.05) is 31.5 Å². The molecule has 1 N–H and O–H groups in total. The summed E-state index contributed by atoms with van der Waals surface area (Å²) in [5.74, 6) is 0. The molecule has 0 amide bonds. The zero-order valence-corrected chi connectivity index (χ0v) is 12.0. The van der Waals surface area contributed by atoms with Crippen LogP contribution in [-0.2, 0) is 6.54 Å². The van der Waals surface area contributed by atoms with Gasteiger partial charge >= 0.3 is 0 Å². The van der Waals surface area contributed by atoms with Crippen LogP contribution in [0.5, 0.6) is 0 Å². The smallest absolute Gasteiger partial charge is 0.0603 e. The lowest BCUT2D eigenvalue weighted by Crippen LogP contribution is -2.20. The van der Waals surface area contributed by atoms with Crippen molar-refractivity contribution >= 4 is 11.4 Å². The Morgan fingerprint density at radius 3 is 2.70 bits per heavy atom. The minimum atomic E-state index is 0.846. The molecule has 0 atom stereocenters. The van der Waals surface area contributed by atoms with E-state index in [4.69, 9.17) is 0 Å². The van der Waals surface area contributed by atoms with Crippen molar-refractivity contribution in [3.63, 3.8) is 0 Å². The Balaban J connectivity index is 1.76. The Labute approximate surface area is 120 Å². The number of benzene rings is 1. The Hall–Kier alpha value is -2.03. The van der Waals surface area contributed by atoms with Gasteiger partial charge in [-0.05, 0) is 43.5 Å². The van der Waals surface area contributed by atoms with Crippen LogP contribution in [-0.4, -0.2) is 18.1 Å². The number of nitrogens with one attached hydrogen (secondary N) is 1. The summed E-state index contributed by atoms with van der Waals surface area (Å²) in [7, 11) is 0. The second-order valence-corrected chi connectivity index (χ2v) is 5.31. The largest absolute Gasteiger partial charge is 0.379 e. The minimum Gasteiger partial charge on any atom is -0.379 e. The minimum absolute atomic E-state index is 0.846. The number of nitrogens with zero attached hydrogens (tertiary/aromatic N) is 2. The van der Waals surface area contributed by atoms with Crippen LogP contribution in [0, 0.1) is 6.92 Å². The monoisotopic (exact) mass is 267 g/mol. The zero-order valence-electron chi connectivity index (χ0n) is 12.0. The Kier molecular flexibility index (Phi) is 3.86. The van der Waals surface area contributed by atoms with E-state index < -0.39 is 0 Å². The van der Waals surface area contributed by atoms with Crippen LogP contribution >= 0.6 is 0 Å². The van der Waals surface area contributed by atoms with E-state index in [0.29, 0.717) is 0 Å². The molecule has 3 rings (SSSR count). The number of aromatic nitrogens is 1. The molecule has 3 nitrogen and oxygen atoms in total. The second kappa shape index (κ2) is 5.95. The maximum atomic E-state index is 4.32. The first-order chi connectivity index (χ1) is 9.84. The fourth-order valence-electron chi connectivity index (χ4n) is 2.79. The summed E-state index contributed by atoms with van der Waals surface area (Å²) < 4.78 is 0. The molecule has 1 saturated heterocycles. The molecule has 1 aromatic heterocycles. The van der Waals surface area contributed by atoms with Crippen molar-refractivity contribution in [1.82, 2.24) is 4.98 Å². The molecule has 1 aliphatic heterocycles. The number of aryl methyl sites for hydroxylation is 1. The van der Waals surface area contributed by atoms with E-state index in [1.807, 2.05) is 19.2 Å². The summed E-state index contributed by atoms with van der Waals surface area (Å²) in [6.07, 6.45) is 4.45. The molecule has 0 radical (unpaired) electrons. The number of rotatable bonds is 4. The third-order valence-electron chi connectivity index (χ3n) is 3.91. The van der Waals surface area contributed by atoms with Crippen molar-refractivity contribution in [2.75, 3.05) is 23.3 Å². The van der Waals surface area contributed by atoms with Crippen LogP contribution in [0.25, 0.3) is 0 Å². The van der Waals surface area contributed by atoms with E-state index in [0.717, 1.165) is 17.9 Å². The Morgan fingerprint density at radius 1 is 1.10 bits per heavy atom. The lowest BCUT2D eigenvalue weighted by molar-refractivity contribution is 0.949. The highest BCUT2D eigenvalue weighted by molar-refractivity contribution is 5.56. The van der Waals surface area contributed by atoms with E-state index in [1.54, 1.807) is 0 Å². The van der Waals surface area contributed by atoms with Crippen LogP contribution in [0.1, 0.15) is 24.1 Å². The Morgan fingerprint density at radius 2 is 1.90 bits per heavy atom. The molecular weight excluding hydrogens is 246 g/mol. The molecule has 1 aromatic carbocycles. The summed E-state index contributed by atoms with van der Waals surface area (Å²) >= 11 is 0. The third-order valence-corrected chi connectivity index (χ3v) is 3.91. The number of hydrogen-bond donors (Lipinski definition) is 1. The first-order valence-electron chi connectivity index (χ1n) is 7.33. The molecule has 0 saturated carbocycles. The van der Waals surface area contributed by atoms with E-state index in [-0.39, 0.29) is 0 Å². The number of anilines is 2.